The third-order valence-electron chi connectivity index (χ3n) is 3.01. The topological polar surface area (TPSA) is 96.7 Å². The SMILES string of the molecule is CNC(c1ccccc1)c1nnc(-c2ccc(=O)[nH]n2)o1. The van der Waals surface area contributed by atoms with Gasteiger partial charge in [-0.25, -0.2) is 5.10 Å². The molecule has 0 radical (unpaired) electrons. The average molecular weight is 283 g/mol. The largest absolute Gasteiger partial charge is 0.417 e. The van der Waals surface area contributed by atoms with Crippen molar-refractivity contribution < 1.29 is 4.42 Å². The van der Waals surface area contributed by atoms with Crippen LogP contribution in [0.15, 0.2) is 51.7 Å². The zero-order valence-corrected chi connectivity index (χ0v) is 11.3. The van der Waals surface area contributed by atoms with Gasteiger partial charge in [0.15, 0.2) is 0 Å². The van der Waals surface area contributed by atoms with Crippen molar-refractivity contribution >= 4 is 0 Å². The molecule has 0 bridgehead atoms. The second kappa shape index (κ2) is 5.68. The fourth-order valence-electron chi connectivity index (χ4n) is 2.00. The molecular weight excluding hydrogens is 270 g/mol. The van der Waals surface area contributed by atoms with Gasteiger partial charge in [-0.05, 0) is 18.7 Å². The quantitative estimate of drug-likeness (QED) is 0.745. The number of benzene rings is 1. The van der Waals surface area contributed by atoms with E-state index in [0.29, 0.717) is 11.6 Å². The number of nitrogens with one attached hydrogen (secondary N) is 2. The van der Waals surface area contributed by atoms with Crippen molar-refractivity contribution in [3.63, 3.8) is 0 Å². The highest BCUT2D eigenvalue weighted by Gasteiger charge is 2.19. The van der Waals surface area contributed by atoms with E-state index < -0.39 is 0 Å². The van der Waals surface area contributed by atoms with Gasteiger partial charge < -0.3 is 9.73 Å². The number of hydrogen-bond donors (Lipinski definition) is 2. The fourth-order valence-corrected chi connectivity index (χ4v) is 2.00. The van der Waals surface area contributed by atoms with Crippen LogP contribution in [0.5, 0.6) is 0 Å². The van der Waals surface area contributed by atoms with Gasteiger partial charge in [-0.1, -0.05) is 30.3 Å². The van der Waals surface area contributed by atoms with E-state index in [1.54, 1.807) is 0 Å². The first-order valence-electron chi connectivity index (χ1n) is 6.39. The molecule has 0 spiro atoms. The number of aromatic nitrogens is 4. The van der Waals surface area contributed by atoms with Crippen molar-refractivity contribution in [3.8, 4) is 11.6 Å². The average Bonchev–Trinajstić information content (AvgIpc) is 2.99. The Labute approximate surface area is 120 Å². The van der Waals surface area contributed by atoms with Crippen molar-refractivity contribution in [3.05, 3.63) is 64.3 Å². The van der Waals surface area contributed by atoms with Gasteiger partial charge >= 0.3 is 0 Å². The summed E-state index contributed by atoms with van der Waals surface area (Å²) in [5.74, 6) is 0.698. The van der Waals surface area contributed by atoms with Gasteiger partial charge in [0, 0.05) is 6.07 Å². The van der Waals surface area contributed by atoms with Crippen LogP contribution in [0.25, 0.3) is 11.6 Å². The van der Waals surface area contributed by atoms with Gasteiger partial charge in [-0.3, -0.25) is 4.79 Å². The van der Waals surface area contributed by atoms with Crippen LogP contribution in [-0.2, 0) is 0 Å². The highest BCUT2D eigenvalue weighted by Crippen LogP contribution is 2.23. The summed E-state index contributed by atoms with van der Waals surface area (Å²) >= 11 is 0. The lowest BCUT2D eigenvalue weighted by molar-refractivity contribution is 0.454. The van der Waals surface area contributed by atoms with Gasteiger partial charge in [0.2, 0.25) is 5.89 Å². The van der Waals surface area contributed by atoms with Crippen LogP contribution < -0.4 is 10.9 Å². The maximum absolute atomic E-state index is 11.0. The Balaban J connectivity index is 1.93. The Hall–Kier alpha value is -2.80. The van der Waals surface area contributed by atoms with E-state index in [9.17, 15) is 4.79 Å². The number of aromatic amines is 1. The summed E-state index contributed by atoms with van der Waals surface area (Å²) < 4.78 is 5.65. The Kier molecular flexibility index (Phi) is 3.57. The molecule has 1 aromatic carbocycles. The Bertz CT molecular complexity index is 761. The number of hydrogen-bond acceptors (Lipinski definition) is 6. The summed E-state index contributed by atoms with van der Waals surface area (Å²) in [6.07, 6.45) is 0. The normalized spacial score (nSPS) is 12.2. The smallest absolute Gasteiger partial charge is 0.268 e. The van der Waals surface area contributed by atoms with Crippen molar-refractivity contribution in [2.75, 3.05) is 7.05 Å². The molecule has 0 aliphatic carbocycles. The molecule has 0 amide bonds. The van der Waals surface area contributed by atoms with Gasteiger partial charge in [0.1, 0.15) is 11.7 Å². The Morgan fingerprint density at radius 2 is 1.95 bits per heavy atom. The van der Waals surface area contributed by atoms with Crippen LogP contribution >= 0.6 is 0 Å². The molecule has 21 heavy (non-hydrogen) atoms. The highest BCUT2D eigenvalue weighted by molar-refractivity contribution is 5.44. The summed E-state index contributed by atoms with van der Waals surface area (Å²) in [4.78, 5) is 11.0. The molecule has 2 heterocycles. The molecule has 1 atom stereocenters. The van der Waals surface area contributed by atoms with E-state index in [1.807, 2.05) is 37.4 Å². The van der Waals surface area contributed by atoms with E-state index >= 15 is 0 Å². The van der Waals surface area contributed by atoms with Crippen LogP contribution in [0, 0.1) is 0 Å². The van der Waals surface area contributed by atoms with Crippen LogP contribution in [0.4, 0.5) is 0 Å². The highest BCUT2D eigenvalue weighted by atomic mass is 16.4. The molecule has 7 nitrogen and oxygen atoms in total. The maximum atomic E-state index is 11.0. The third kappa shape index (κ3) is 2.72. The summed E-state index contributed by atoms with van der Waals surface area (Å²) in [5.41, 5.74) is 1.16. The first-order chi connectivity index (χ1) is 10.3. The molecule has 7 heteroatoms. The summed E-state index contributed by atoms with van der Waals surface area (Å²) in [5, 5.41) is 17.4. The number of H-pyrrole nitrogens is 1. The number of rotatable bonds is 4. The molecule has 2 N–H and O–H groups in total. The first kappa shape index (κ1) is 13.2. The Morgan fingerprint density at radius 3 is 2.62 bits per heavy atom. The van der Waals surface area contributed by atoms with Gasteiger partial charge in [-0.15, -0.1) is 10.2 Å². The zero-order chi connectivity index (χ0) is 14.7. The van der Waals surface area contributed by atoms with E-state index in [2.05, 4.69) is 25.7 Å². The van der Waals surface area contributed by atoms with Crippen molar-refractivity contribution in [1.29, 1.82) is 0 Å². The van der Waals surface area contributed by atoms with Gasteiger partial charge in [0.05, 0.1) is 0 Å². The molecule has 0 saturated carbocycles. The maximum Gasteiger partial charge on any atom is 0.268 e. The van der Waals surface area contributed by atoms with Crippen LogP contribution in [0.3, 0.4) is 0 Å². The molecule has 0 aliphatic rings. The zero-order valence-electron chi connectivity index (χ0n) is 11.3. The van der Waals surface area contributed by atoms with E-state index in [0.717, 1.165) is 5.56 Å². The summed E-state index contributed by atoms with van der Waals surface area (Å²) in [7, 11) is 1.82. The lowest BCUT2D eigenvalue weighted by Crippen LogP contribution is -2.17. The molecule has 0 aliphatic heterocycles. The van der Waals surface area contributed by atoms with Crippen molar-refractivity contribution in [2.45, 2.75) is 6.04 Å². The third-order valence-corrected chi connectivity index (χ3v) is 3.01. The molecule has 0 fully saturated rings. The molecular formula is C14H13N5O2. The molecule has 106 valence electrons. The Morgan fingerprint density at radius 1 is 1.14 bits per heavy atom. The summed E-state index contributed by atoms with van der Waals surface area (Å²) in [6.45, 7) is 0. The molecule has 0 saturated heterocycles. The summed E-state index contributed by atoms with van der Waals surface area (Å²) in [6, 6.07) is 12.5. The van der Waals surface area contributed by atoms with Gasteiger partial charge in [-0.2, -0.15) is 5.10 Å². The monoisotopic (exact) mass is 283 g/mol. The standard InChI is InChI=1S/C14H13N5O2/c1-15-12(9-5-3-2-4-6-9)14-19-18-13(21-14)10-7-8-11(20)17-16-10/h2-8,12,15H,1H3,(H,17,20). The molecule has 3 aromatic rings. The first-order valence-corrected chi connectivity index (χ1v) is 6.39. The van der Waals surface area contributed by atoms with Crippen LogP contribution in [0.1, 0.15) is 17.5 Å². The second-order valence-corrected chi connectivity index (χ2v) is 4.38. The van der Waals surface area contributed by atoms with E-state index in [-0.39, 0.29) is 17.5 Å². The minimum absolute atomic E-state index is 0.199. The van der Waals surface area contributed by atoms with E-state index in [1.165, 1.54) is 12.1 Å². The molecule has 1 unspecified atom stereocenters. The second-order valence-electron chi connectivity index (χ2n) is 4.38. The molecule has 2 aromatic heterocycles. The lowest BCUT2D eigenvalue weighted by atomic mass is 10.1. The van der Waals surface area contributed by atoms with Crippen LogP contribution in [-0.4, -0.2) is 27.4 Å². The fraction of sp³-hybridized carbons (Fsp3) is 0.143. The van der Waals surface area contributed by atoms with Crippen molar-refractivity contribution in [1.82, 2.24) is 25.7 Å². The minimum atomic E-state index is -0.282. The van der Waals surface area contributed by atoms with E-state index in [4.69, 9.17) is 4.42 Å². The van der Waals surface area contributed by atoms with Crippen molar-refractivity contribution in [2.24, 2.45) is 0 Å². The predicted molar refractivity (Wildman–Crippen MR) is 75.5 cm³/mol. The minimum Gasteiger partial charge on any atom is -0.417 e. The lowest BCUT2D eigenvalue weighted by Gasteiger charge is -2.11. The molecule has 3 rings (SSSR count). The predicted octanol–water partition coefficient (Wildman–Crippen LogP) is 1.13. The van der Waals surface area contributed by atoms with Gasteiger partial charge in [0.25, 0.3) is 11.4 Å². The van der Waals surface area contributed by atoms with Crippen LogP contribution in [0.2, 0.25) is 0 Å². The number of nitrogens with zero attached hydrogens (tertiary/aromatic N) is 3.